The van der Waals surface area contributed by atoms with Gasteiger partial charge in [0.05, 0.1) is 18.7 Å². The van der Waals surface area contributed by atoms with Gasteiger partial charge in [0.2, 0.25) is 5.91 Å². The number of imide groups is 1. The molecule has 1 aliphatic rings. The molecule has 3 aromatic rings. The van der Waals surface area contributed by atoms with E-state index in [0.717, 1.165) is 16.0 Å². The van der Waals surface area contributed by atoms with Gasteiger partial charge in [-0.15, -0.1) is 0 Å². The Balaban J connectivity index is 1.44. The SMILES string of the molecule is COc1cc(/C=C2/NC(=O)N(CC(=O)Nc3cccc(C)c3)C2=O)ccc1OCc1ccccc1C#N. The number of hydrogen-bond donors (Lipinski definition) is 2. The normalized spacial score (nSPS) is 13.8. The average molecular weight is 497 g/mol. The molecule has 9 heteroatoms. The topological polar surface area (TPSA) is 121 Å². The number of nitrogens with zero attached hydrogens (tertiary/aromatic N) is 2. The monoisotopic (exact) mass is 496 g/mol. The first-order valence-corrected chi connectivity index (χ1v) is 11.4. The number of rotatable bonds is 8. The molecule has 4 rings (SSSR count). The molecule has 0 unspecified atom stereocenters. The zero-order valence-electron chi connectivity index (χ0n) is 20.3. The molecule has 9 nitrogen and oxygen atoms in total. The van der Waals surface area contributed by atoms with Crippen molar-refractivity contribution in [2.24, 2.45) is 0 Å². The number of hydrogen-bond acceptors (Lipinski definition) is 6. The van der Waals surface area contributed by atoms with Gasteiger partial charge in [-0.25, -0.2) is 9.69 Å². The molecule has 1 fully saturated rings. The third kappa shape index (κ3) is 5.94. The first kappa shape index (κ1) is 25.0. The second-order valence-electron chi connectivity index (χ2n) is 8.27. The fourth-order valence-corrected chi connectivity index (χ4v) is 3.75. The maximum absolute atomic E-state index is 12.8. The zero-order chi connectivity index (χ0) is 26.4. The summed E-state index contributed by atoms with van der Waals surface area (Å²) in [6.07, 6.45) is 1.50. The van der Waals surface area contributed by atoms with E-state index in [4.69, 9.17) is 9.47 Å². The lowest BCUT2D eigenvalue weighted by Crippen LogP contribution is -2.38. The molecule has 2 N–H and O–H groups in total. The molecular weight excluding hydrogens is 472 g/mol. The van der Waals surface area contributed by atoms with Gasteiger partial charge in [0.1, 0.15) is 18.8 Å². The Morgan fingerprint density at radius 3 is 2.65 bits per heavy atom. The van der Waals surface area contributed by atoms with E-state index in [0.29, 0.717) is 28.3 Å². The number of carbonyl (C=O) groups excluding carboxylic acids is 3. The van der Waals surface area contributed by atoms with Crippen molar-refractivity contribution in [2.75, 3.05) is 19.0 Å². The van der Waals surface area contributed by atoms with Crippen LogP contribution in [0.5, 0.6) is 11.5 Å². The molecule has 186 valence electrons. The van der Waals surface area contributed by atoms with Crippen LogP contribution >= 0.6 is 0 Å². The van der Waals surface area contributed by atoms with Crippen molar-refractivity contribution < 1.29 is 23.9 Å². The highest BCUT2D eigenvalue weighted by atomic mass is 16.5. The molecular formula is C28H24N4O5. The van der Waals surface area contributed by atoms with Crippen molar-refractivity contribution in [1.82, 2.24) is 10.2 Å². The van der Waals surface area contributed by atoms with Crippen LogP contribution in [-0.2, 0) is 16.2 Å². The standard InChI is InChI=1S/C28H24N4O5/c1-18-6-5-9-22(12-18)30-26(33)16-32-27(34)23(31-28(32)35)13-19-10-11-24(25(14-19)36-2)37-17-21-8-4-3-7-20(21)15-29/h3-14H,16-17H2,1-2H3,(H,30,33)(H,31,35)/b23-13+. The quantitative estimate of drug-likeness (QED) is 0.359. The Kier molecular flexibility index (Phi) is 7.50. The van der Waals surface area contributed by atoms with Gasteiger partial charge in [-0.05, 0) is 54.5 Å². The van der Waals surface area contributed by atoms with E-state index in [-0.39, 0.29) is 12.3 Å². The van der Waals surface area contributed by atoms with Gasteiger partial charge in [0, 0.05) is 11.3 Å². The highest BCUT2D eigenvalue weighted by molar-refractivity contribution is 6.16. The number of aryl methyl sites for hydroxylation is 1. The van der Waals surface area contributed by atoms with Crippen LogP contribution in [0.4, 0.5) is 10.5 Å². The number of anilines is 1. The van der Waals surface area contributed by atoms with Crippen LogP contribution in [0.15, 0.2) is 72.4 Å². The summed E-state index contributed by atoms with van der Waals surface area (Å²) in [5.41, 5.74) is 3.43. The number of urea groups is 1. The Morgan fingerprint density at radius 1 is 1.08 bits per heavy atom. The summed E-state index contributed by atoms with van der Waals surface area (Å²) < 4.78 is 11.3. The molecule has 37 heavy (non-hydrogen) atoms. The molecule has 1 heterocycles. The van der Waals surface area contributed by atoms with E-state index in [2.05, 4.69) is 16.7 Å². The molecule has 0 spiro atoms. The highest BCUT2D eigenvalue weighted by Crippen LogP contribution is 2.30. The van der Waals surface area contributed by atoms with Crippen LogP contribution in [-0.4, -0.2) is 36.4 Å². The number of benzene rings is 3. The second kappa shape index (κ2) is 11.1. The minimum atomic E-state index is -0.682. The number of amides is 4. The lowest BCUT2D eigenvalue weighted by molar-refractivity contribution is -0.127. The molecule has 0 aromatic heterocycles. The van der Waals surface area contributed by atoms with E-state index in [1.807, 2.05) is 25.1 Å². The number of methoxy groups -OCH3 is 1. The third-order valence-corrected chi connectivity index (χ3v) is 5.59. The van der Waals surface area contributed by atoms with Gasteiger partial charge in [-0.3, -0.25) is 9.59 Å². The fourth-order valence-electron chi connectivity index (χ4n) is 3.75. The highest BCUT2D eigenvalue weighted by Gasteiger charge is 2.35. The van der Waals surface area contributed by atoms with Gasteiger partial charge in [0.15, 0.2) is 11.5 Å². The Morgan fingerprint density at radius 2 is 1.89 bits per heavy atom. The van der Waals surface area contributed by atoms with Crippen LogP contribution in [0, 0.1) is 18.3 Å². The molecule has 0 atom stereocenters. The first-order valence-electron chi connectivity index (χ1n) is 11.4. The van der Waals surface area contributed by atoms with Crippen LogP contribution < -0.4 is 20.1 Å². The molecule has 3 aromatic carbocycles. The minimum absolute atomic E-state index is 0.0343. The predicted molar refractivity (Wildman–Crippen MR) is 137 cm³/mol. The smallest absolute Gasteiger partial charge is 0.329 e. The Bertz CT molecular complexity index is 1440. The van der Waals surface area contributed by atoms with E-state index >= 15 is 0 Å². The number of ether oxygens (including phenoxy) is 2. The van der Waals surface area contributed by atoms with Crippen LogP contribution in [0.2, 0.25) is 0 Å². The van der Waals surface area contributed by atoms with Crippen molar-refractivity contribution in [3.63, 3.8) is 0 Å². The van der Waals surface area contributed by atoms with Crippen molar-refractivity contribution in [1.29, 1.82) is 5.26 Å². The van der Waals surface area contributed by atoms with Crippen molar-refractivity contribution in [2.45, 2.75) is 13.5 Å². The summed E-state index contributed by atoms with van der Waals surface area (Å²) in [7, 11) is 1.49. The lowest BCUT2D eigenvalue weighted by atomic mass is 10.1. The third-order valence-electron chi connectivity index (χ3n) is 5.59. The molecule has 0 bridgehead atoms. The Labute approximate surface area is 213 Å². The molecule has 1 aliphatic heterocycles. The number of carbonyl (C=O) groups is 3. The summed E-state index contributed by atoms with van der Waals surface area (Å²) in [5.74, 6) is -0.239. The minimum Gasteiger partial charge on any atom is -0.493 e. The average Bonchev–Trinajstić information content (AvgIpc) is 3.15. The van der Waals surface area contributed by atoms with E-state index < -0.39 is 24.4 Å². The van der Waals surface area contributed by atoms with Crippen LogP contribution in [0.3, 0.4) is 0 Å². The van der Waals surface area contributed by atoms with Gasteiger partial charge in [-0.1, -0.05) is 36.4 Å². The molecule has 0 aliphatic carbocycles. The summed E-state index contributed by atoms with van der Waals surface area (Å²) in [6.45, 7) is 1.65. The van der Waals surface area contributed by atoms with Gasteiger partial charge in [-0.2, -0.15) is 5.26 Å². The summed E-state index contributed by atoms with van der Waals surface area (Å²) in [6, 6.07) is 20.8. The molecule has 0 radical (unpaired) electrons. The number of nitriles is 1. The summed E-state index contributed by atoms with van der Waals surface area (Å²) >= 11 is 0. The second-order valence-corrected chi connectivity index (χ2v) is 8.27. The van der Waals surface area contributed by atoms with E-state index in [9.17, 15) is 19.6 Å². The largest absolute Gasteiger partial charge is 0.493 e. The molecule has 1 saturated heterocycles. The van der Waals surface area contributed by atoms with Crippen molar-refractivity contribution >= 4 is 29.6 Å². The van der Waals surface area contributed by atoms with Crippen LogP contribution in [0.1, 0.15) is 22.3 Å². The Hall–Kier alpha value is -5.10. The zero-order valence-corrected chi connectivity index (χ0v) is 20.3. The summed E-state index contributed by atoms with van der Waals surface area (Å²) in [5, 5.41) is 14.4. The van der Waals surface area contributed by atoms with E-state index in [1.54, 1.807) is 48.5 Å². The predicted octanol–water partition coefficient (Wildman–Crippen LogP) is 3.99. The van der Waals surface area contributed by atoms with Crippen molar-refractivity contribution in [3.05, 3.63) is 94.7 Å². The maximum atomic E-state index is 12.8. The van der Waals surface area contributed by atoms with Crippen molar-refractivity contribution in [3.8, 4) is 17.6 Å². The maximum Gasteiger partial charge on any atom is 0.329 e. The molecule has 0 saturated carbocycles. The van der Waals surface area contributed by atoms with Gasteiger partial charge < -0.3 is 20.1 Å². The van der Waals surface area contributed by atoms with Crippen LogP contribution in [0.25, 0.3) is 6.08 Å². The fraction of sp³-hybridized carbons (Fsp3) is 0.143. The summed E-state index contributed by atoms with van der Waals surface area (Å²) in [4.78, 5) is 38.5. The van der Waals surface area contributed by atoms with Gasteiger partial charge in [0.25, 0.3) is 5.91 Å². The van der Waals surface area contributed by atoms with Gasteiger partial charge >= 0.3 is 6.03 Å². The van der Waals surface area contributed by atoms with E-state index in [1.165, 1.54) is 13.2 Å². The number of nitrogens with one attached hydrogen (secondary N) is 2. The molecule has 4 amide bonds. The first-order chi connectivity index (χ1) is 17.9. The lowest BCUT2D eigenvalue weighted by Gasteiger charge is -2.12.